The lowest BCUT2D eigenvalue weighted by Gasteiger charge is -2.06. The van der Waals surface area contributed by atoms with Gasteiger partial charge in [0.1, 0.15) is 11.5 Å². The van der Waals surface area contributed by atoms with Gasteiger partial charge in [0.2, 0.25) is 0 Å². The fraction of sp³-hybridized carbons (Fsp3) is 0.217. The molecule has 30 heavy (non-hydrogen) atoms. The molecule has 0 atom stereocenters. The van der Waals surface area contributed by atoms with E-state index in [1.165, 1.54) is 5.56 Å². The van der Waals surface area contributed by atoms with Crippen LogP contribution >= 0.6 is 11.8 Å². The van der Waals surface area contributed by atoms with Crippen LogP contribution in [0.25, 0.3) is 12.2 Å². The molecule has 0 spiro atoms. The summed E-state index contributed by atoms with van der Waals surface area (Å²) in [5.74, 6) is 1.34. The van der Waals surface area contributed by atoms with Crippen molar-refractivity contribution in [2.75, 3.05) is 20.0 Å². The minimum absolute atomic E-state index is 0.345. The van der Waals surface area contributed by atoms with Crippen LogP contribution in [0.2, 0.25) is 0 Å². The molecule has 0 aromatic heterocycles. The van der Waals surface area contributed by atoms with Crippen LogP contribution in [-0.2, 0) is 11.2 Å². The fourth-order valence-corrected chi connectivity index (χ4v) is 3.39. The maximum absolute atomic E-state index is 11.5. The summed E-state index contributed by atoms with van der Waals surface area (Å²) in [7, 11) is 3.32. The first-order valence-electron chi connectivity index (χ1n) is 9.39. The lowest BCUT2D eigenvalue weighted by atomic mass is 10.0. The summed E-state index contributed by atoms with van der Waals surface area (Å²) in [5.41, 5.74) is 9.42. The summed E-state index contributed by atoms with van der Waals surface area (Å²) >= 11 is 0.898. The zero-order valence-corrected chi connectivity index (χ0v) is 18.3. The molecular weight excluding hydrogens is 400 g/mol. The molecule has 2 aromatic rings. The molecular formula is C23H26N2O4S. The normalized spacial score (nSPS) is 14.5. The van der Waals surface area contributed by atoms with Crippen LogP contribution in [0.3, 0.4) is 0 Å². The summed E-state index contributed by atoms with van der Waals surface area (Å²) in [6.07, 6.45) is 6.42. The number of nitrogen functional groups attached to an aromatic ring is 1. The van der Waals surface area contributed by atoms with Gasteiger partial charge in [-0.2, -0.15) is 0 Å². The lowest BCUT2D eigenvalue weighted by Crippen LogP contribution is -2.17. The number of amides is 2. The Morgan fingerprint density at radius 1 is 1.10 bits per heavy atom. The number of nitrogens with one attached hydrogen (secondary N) is 1. The predicted octanol–water partition coefficient (Wildman–Crippen LogP) is 4.89. The maximum Gasteiger partial charge on any atom is 0.290 e. The maximum atomic E-state index is 11.5. The molecule has 2 amide bonds. The second-order valence-electron chi connectivity index (χ2n) is 6.28. The lowest BCUT2D eigenvalue weighted by molar-refractivity contribution is -0.115. The van der Waals surface area contributed by atoms with E-state index in [9.17, 15) is 9.59 Å². The SMILES string of the molecule is C/C=C\c1c(N)cccc1/C=C1\SC(=O)NC1=O.CCc1cc(OC)cc(OC)c1. The van der Waals surface area contributed by atoms with E-state index >= 15 is 0 Å². The summed E-state index contributed by atoms with van der Waals surface area (Å²) in [5, 5.41) is 1.88. The van der Waals surface area contributed by atoms with E-state index in [2.05, 4.69) is 12.2 Å². The van der Waals surface area contributed by atoms with E-state index in [0.717, 1.165) is 40.8 Å². The molecule has 7 heteroatoms. The fourth-order valence-electron chi connectivity index (χ4n) is 2.72. The number of allylic oxidation sites excluding steroid dienone is 1. The number of hydrogen-bond donors (Lipinski definition) is 2. The van der Waals surface area contributed by atoms with E-state index in [4.69, 9.17) is 15.2 Å². The average molecular weight is 427 g/mol. The third-order valence-corrected chi connectivity index (χ3v) is 5.07. The third-order valence-electron chi connectivity index (χ3n) is 4.26. The molecule has 158 valence electrons. The van der Waals surface area contributed by atoms with Crippen molar-refractivity contribution in [1.82, 2.24) is 5.32 Å². The zero-order valence-electron chi connectivity index (χ0n) is 17.5. The summed E-state index contributed by atoms with van der Waals surface area (Å²) in [4.78, 5) is 22.9. The molecule has 1 aliphatic heterocycles. The molecule has 1 saturated heterocycles. The minimum atomic E-state index is -0.362. The van der Waals surface area contributed by atoms with Gasteiger partial charge in [0.15, 0.2) is 0 Å². The van der Waals surface area contributed by atoms with Gasteiger partial charge < -0.3 is 15.2 Å². The molecule has 6 nitrogen and oxygen atoms in total. The highest BCUT2D eigenvalue weighted by molar-refractivity contribution is 8.18. The Morgan fingerprint density at radius 3 is 2.27 bits per heavy atom. The number of hydrogen-bond acceptors (Lipinski definition) is 6. The highest BCUT2D eigenvalue weighted by Crippen LogP contribution is 2.28. The smallest absolute Gasteiger partial charge is 0.290 e. The molecule has 0 unspecified atom stereocenters. The number of nitrogens with two attached hydrogens (primary N) is 1. The predicted molar refractivity (Wildman–Crippen MR) is 124 cm³/mol. The Morgan fingerprint density at radius 2 is 1.77 bits per heavy atom. The Bertz CT molecular complexity index is 928. The van der Waals surface area contributed by atoms with E-state index in [0.29, 0.717) is 10.6 Å². The first-order chi connectivity index (χ1) is 14.4. The molecule has 1 fully saturated rings. The Labute approximate surface area is 181 Å². The van der Waals surface area contributed by atoms with Crippen LogP contribution in [0.4, 0.5) is 10.5 Å². The summed E-state index contributed by atoms with van der Waals surface area (Å²) < 4.78 is 10.2. The first kappa shape index (κ1) is 23.1. The second-order valence-corrected chi connectivity index (χ2v) is 7.29. The van der Waals surface area contributed by atoms with Crippen molar-refractivity contribution in [3.63, 3.8) is 0 Å². The van der Waals surface area contributed by atoms with Crippen molar-refractivity contribution in [2.45, 2.75) is 20.3 Å². The van der Waals surface area contributed by atoms with Gasteiger partial charge in [0.25, 0.3) is 11.1 Å². The van der Waals surface area contributed by atoms with E-state index in [1.807, 2.05) is 49.4 Å². The molecule has 1 heterocycles. The van der Waals surface area contributed by atoms with Gasteiger partial charge in [-0.05, 0) is 60.5 Å². The van der Waals surface area contributed by atoms with Gasteiger partial charge in [-0.25, -0.2) is 0 Å². The topological polar surface area (TPSA) is 90.7 Å². The highest BCUT2D eigenvalue weighted by Gasteiger charge is 2.25. The number of benzene rings is 2. The van der Waals surface area contributed by atoms with Gasteiger partial charge in [-0.15, -0.1) is 0 Å². The molecule has 3 N–H and O–H groups in total. The molecule has 0 aliphatic carbocycles. The standard InChI is InChI=1S/C13H12N2O2S.C10H14O2/c1-2-4-9-8(5-3-6-10(9)14)7-11-12(16)15-13(17)18-11;1-4-8-5-9(11-2)7-10(6-8)12-3/h2-7H,14H2,1H3,(H,15,16,17);5-7H,4H2,1-3H3/b4-2-,11-7-;. The number of methoxy groups -OCH3 is 2. The van der Waals surface area contributed by atoms with E-state index < -0.39 is 0 Å². The minimum Gasteiger partial charge on any atom is -0.497 e. The highest BCUT2D eigenvalue weighted by atomic mass is 32.2. The molecule has 2 aromatic carbocycles. The number of ether oxygens (including phenoxy) is 2. The van der Waals surface area contributed by atoms with Crippen molar-refractivity contribution in [2.24, 2.45) is 0 Å². The second kappa shape index (κ2) is 11.1. The van der Waals surface area contributed by atoms with Crippen LogP contribution in [0.1, 0.15) is 30.5 Å². The molecule has 0 bridgehead atoms. The number of anilines is 1. The van der Waals surface area contributed by atoms with Gasteiger partial charge in [-0.3, -0.25) is 14.9 Å². The largest absolute Gasteiger partial charge is 0.497 e. The van der Waals surface area contributed by atoms with Gasteiger partial charge in [0, 0.05) is 17.3 Å². The number of rotatable bonds is 5. The van der Waals surface area contributed by atoms with Crippen molar-refractivity contribution >= 4 is 40.7 Å². The number of carbonyl (C=O) groups is 2. The van der Waals surface area contributed by atoms with Crippen molar-refractivity contribution in [3.05, 3.63) is 64.1 Å². The zero-order chi connectivity index (χ0) is 22.1. The summed E-state index contributed by atoms with van der Waals surface area (Å²) in [6.45, 7) is 4.00. The molecule has 3 rings (SSSR count). The van der Waals surface area contributed by atoms with Crippen molar-refractivity contribution in [3.8, 4) is 11.5 Å². The van der Waals surface area contributed by atoms with Crippen LogP contribution in [0.15, 0.2) is 47.4 Å². The van der Waals surface area contributed by atoms with Crippen molar-refractivity contribution < 1.29 is 19.1 Å². The molecule has 0 radical (unpaired) electrons. The molecule has 1 aliphatic rings. The number of thioether (sulfide) groups is 1. The van der Waals surface area contributed by atoms with Crippen LogP contribution in [0.5, 0.6) is 11.5 Å². The van der Waals surface area contributed by atoms with Gasteiger partial charge in [-0.1, -0.05) is 31.2 Å². The van der Waals surface area contributed by atoms with E-state index in [-0.39, 0.29) is 11.1 Å². The monoisotopic (exact) mass is 426 g/mol. The Hall–Kier alpha value is -3.19. The van der Waals surface area contributed by atoms with Gasteiger partial charge in [0.05, 0.1) is 19.1 Å². The third kappa shape index (κ3) is 6.15. The number of imide groups is 1. The van der Waals surface area contributed by atoms with Crippen LogP contribution < -0.4 is 20.5 Å². The Kier molecular flexibility index (Phi) is 8.55. The number of carbonyl (C=O) groups excluding carboxylic acids is 2. The van der Waals surface area contributed by atoms with Crippen molar-refractivity contribution in [1.29, 1.82) is 0 Å². The Balaban J connectivity index is 0.000000232. The summed E-state index contributed by atoms with van der Waals surface area (Å²) in [6, 6.07) is 11.4. The quantitative estimate of drug-likeness (QED) is 0.522. The first-order valence-corrected chi connectivity index (χ1v) is 10.2. The number of aryl methyl sites for hydroxylation is 1. The average Bonchev–Trinajstić information content (AvgIpc) is 3.07. The van der Waals surface area contributed by atoms with Gasteiger partial charge >= 0.3 is 0 Å². The van der Waals surface area contributed by atoms with E-state index in [1.54, 1.807) is 26.4 Å². The van der Waals surface area contributed by atoms with Crippen LogP contribution in [0, 0.1) is 0 Å². The van der Waals surface area contributed by atoms with Crippen LogP contribution in [-0.4, -0.2) is 25.4 Å². The molecule has 0 saturated carbocycles.